The number of alkyl halides is 3. The van der Waals surface area contributed by atoms with Crippen LogP contribution in [0.5, 0.6) is 0 Å². The molecule has 0 aliphatic carbocycles. The second-order valence-electron chi connectivity index (χ2n) is 7.29. The first-order valence-corrected chi connectivity index (χ1v) is 9.47. The van der Waals surface area contributed by atoms with Crippen LogP contribution in [0.4, 0.5) is 13.2 Å². The number of aliphatic hydroxyl groups is 1. The third kappa shape index (κ3) is 4.44. The summed E-state index contributed by atoms with van der Waals surface area (Å²) in [5, 5.41) is 12.9. The summed E-state index contributed by atoms with van der Waals surface area (Å²) < 4.78 is 39.4. The molecule has 0 bridgehead atoms. The first-order valence-electron chi connectivity index (χ1n) is 9.47. The Morgan fingerprint density at radius 1 is 1.23 bits per heavy atom. The van der Waals surface area contributed by atoms with Gasteiger partial charge in [0, 0.05) is 44.8 Å². The zero-order valence-corrected chi connectivity index (χ0v) is 15.9. The van der Waals surface area contributed by atoms with E-state index in [1.165, 1.54) is 17.3 Å². The summed E-state index contributed by atoms with van der Waals surface area (Å²) in [5.41, 5.74) is 1.54. The Bertz CT molecular complexity index is 1070. The lowest BCUT2D eigenvalue weighted by Gasteiger charge is -2.30. The smallest absolute Gasteiger partial charge is 0.390 e. The van der Waals surface area contributed by atoms with Crippen molar-refractivity contribution < 1.29 is 23.1 Å². The van der Waals surface area contributed by atoms with Crippen molar-refractivity contribution in [2.24, 2.45) is 0 Å². The molecule has 0 spiro atoms. The molecule has 2 N–H and O–H groups in total. The first-order chi connectivity index (χ1) is 14.3. The van der Waals surface area contributed by atoms with Crippen LogP contribution in [0.1, 0.15) is 27.2 Å². The fraction of sp³-hybridized carbons (Fsp3) is 0.350. The predicted molar refractivity (Wildman–Crippen MR) is 102 cm³/mol. The average Bonchev–Trinajstić information content (AvgIpc) is 3.15. The molecule has 3 heterocycles. The number of hydrogen-bond donors (Lipinski definition) is 2. The number of halogens is 3. The van der Waals surface area contributed by atoms with Crippen molar-refractivity contribution in [1.82, 2.24) is 24.6 Å². The number of β-amino-alcohol motifs (C(OH)–C–C–N with tert-alkyl or cyclic N) is 1. The quantitative estimate of drug-likeness (QED) is 0.660. The van der Waals surface area contributed by atoms with Crippen molar-refractivity contribution in [3.8, 4) is 0 Å². The van der Waals surface area contributed by atoms with Gasteiger partial charge in [0.2, 0.25) is 5.78 Å². The van der Waals surface area contributed by atoms with E-state index < -0.39 is 23.8 Å². The Hall–Kier alpha value is -2.98. The molecule has 158 valence electrons. The second kappa shape index (κ2) is 8.04. The van der Waals surface area contributed by atoms with Crippen LogP contribution in [0.2, 0.25) is 0 Å². The van der Waals surface area contributed by atoms with E-state index in [1.807, 2.05) is 12.1 Å². The number of amides is 1. The summed E-state index contributed by atoms with van der Waals surface area (Å²) in [7, 11) is 0. The SMILES string of the molecule is O=C(NC[C@H](O)CN1CCc2ccccc2C1)c1cn2cc(C(F)(F)F)cnc2n1. The Morgan fingerprint density at radius 3 is 2.77 bits per heavy atom. The highest BCUT2D eigenvalue weighted by molar-refractivity contribution is 5.92. The highest BCUT2D eigenvalue weighted by Gasteiger charge is 2.31. The van der Waals surface area contributed by atoms with Gasteiger partial charge in [0.25, 0.3) is 5.91 Å². The molecule has 0 unspecified atom stereocenters. The van der Waals surface area contributed by atoms with Crippen LogP contribution < -0.4 is 5.32 Å². The van der Waals surface area contributed by atoms with Crippen molar-refractivity contribution in [2.45, 2.75) is 25.2 Å². The number of carbonyl (C=O) groups excluding carboxylic acids is 1. The molecular weight excluding hydrogens is 399 g/mol. The minimum atomic E-state index is -4.53. The van der Waals surface area contributed by atoms with Crippen LogP contribution in [0.15, 0.2) is 42.9 Å². The van der Waals surface area contributed by atoms with Crippen LogP contribution >= 0.6 is 0 Å². The van der Waals surface area contributed by atoms with Gasteiger partial charge in [0.1, 0.15) is 5.69 Å². The lowest BCUT2D eigenvalue weighted by Crippen LogP contribution is -2.42. The molecule has 0 radical (unpaired) electrons. The van der Waals surface area contributed by atoms with Gasteiger partial charge in [0.05, 0.1) is 11.7 Å². The van der Waals surface area contributed by atoms with Crippen molar-refractivity contribution in [3.05, 3.63) is 65.2 Å². The van der Waals surface area contributed by atoms with Gasteiger partial charge in [-0.2, -0.15) is 13.2 Å². The van der Waals surface area contributed by atoms with Gasteiger partial charge in [-0.25, -0.2) is 9.97 Å². The zero-order valence-electron chi connectivity index (χ0n) is 15.9. The molecule has 2 aromatic heterocycles. The molecule has 0 saturated heterocycles. The highest BCUT2D eigenvalue weighted by atomic mass is 19.4. The van der Waals surface area contributed by atoms with E-state index in [0.29, 0.717) is 12.7 Å². The molecule has 0 saturated carbocycles. The van der Waals surface area contributed by atoms with Crippen molar-refractivity contribution >= 4 is 11.7 Å². The van der Waals surface area contributed by atoms with Crippen LogP contribution in [0, 0.1) is 0 Å². The number of aliphatic hydroxyl groups excluding tert-OH is 1. The third-order valence-corrected chi connectivity index (χ3v) is 5.05. The fourth-order valence-electron chi connectivity index (χ4n) is 3.51. The van der Waals surface area contributed by atoms with Gasteiger partial charge in [-0.1, -0.05) is 24.3 Å². The number of rotatable bonds is 5. The average molecular weight is 419 g/mol. The Balaban J connectivity index is 1.33. The standard InChI is InChI=1S/C20H20F3N5O2/c21-20(22,23)15-7-25-19-26-17(12-28(19)10-15)18(30)24-8-16(29)11-27-6-5-13-3-1-2-4-14(13)9-27/h1-4,7,10,12,16,29H,5-6,8-9,11H2,(H,24,30)/t16-/m0/s1. The fourth-order valence-corrected chi connectivity index (χ4v) is 3.51. The molecule has 3 aromatic rings. The van der Waals surface area contributed by atoms with E-state index in [1.54, 1.807) is 0 Å². The monoisotopic (exact) mass is 419 g/mol. The Labute approximate surface area is 170 Å². The zero-order chi connectivity index (χ0) is 21.3. The molecule has 1 aliphatic rings. The summed E-state index contributed by atoms with van der Waals surface area (Å²) in [6, 6.07) is 8.17. The number of imidazole rings is 1. The van der Waals surface area contributed by atoms with E-state index >= 15 is 0 Å². The molecule has 1 aliphatic heterocycles. The maximum atomic E-state index is 12.8. The number of nitrogens with zero attached hydrogens (tertiary/aromatic N) is 4. The first kappa shape index (κ1) is 20.3. The van der Waals surface area contributed by atoms with Crippen LogP contribution in [-0.2, 0) is 19.1 Å². The van der Waals surface area contributed by atoms with Crippen molar-refractivity contribution in [1.29, 1.82) is 0 Å². The minimum absolute atomic E-state index is 0.00603. The van der Waals surface area contributed by atoms with Gasteiger partial charge in [-0.15, -0.1) is 0 Å². The summed E-state index contributed by atoms with van der Waals surface area (Å²) in [5.74, 6) is -0.599. The minimum Gasteiger partial charge on any atom is -0.390 e. The molecular formula is C20H20F3N5O2. The van der Waals surface area contributed by atoms with Crippen molar-refractivity contribution in [2.75, 3.05) is 19.6 Å². The molecule has 1 atom stereocenters. The van der Waals surface area contributed by atoms with E-state index in [-0.39, 0.29) is 18.0 Å². The third-order valence-electron chi connectivity index (χ3n) is 5.05. The van der Waals surface area contributed by atoms with E-state index in [0.717, 1.165) is 30.1 Å². The summed E-state index contributed by atoms with van der Waals surface area (Å²) in [4.78, 5) is 22.0. The lowest BCUT2D eigenvalue weighted by atomic mass is 10.00. The topological polar surface area (TPSA) is 82.8 Å². The maximum Gasteiger partial charge on any atom is 0.419 e. The second-order valence-corrected chi connectivity index (χ2v) is 7.29. The predicted octanol–water partition coefficient (Wildman–Crippen LogP) is 1.90. The normalized spacial score (nSPS) is 15.7. The van der Waals surface area contributed by atoms with Gasteiger partial charge in [-0.05, 0) is 17.5 Å². The highest BCUT2D eigenvalue weighted by Crippen LogP contribution is 2.28. The van der Waals surface area contributed by atoms with Crippen LogP contribution in [0.25, 0.3) is 5.78 Å². The van der Waals surface area contributed by atoms with Crippen molar-refractivity contribution in [3.63, 3.8) is 0 Å². The molecule has 7 nitrogen and oxygen atoms in total. The van der Waals surface area contributed by atoms with E-state index in [9.17, 15) is 23.1 Å². The maximum absolute atomic E-state index is 12.8. The lowest BCUT2D eigenvalue weighted by molar-refractivity contribution is -0.138. The Kier molecular flexibility index (Phi) is 5.44. The number of carbonyl (C=O) groups is 1. The number of fused-ring (bicyclic) bond motifs is 2. The Morgan fingerprint density at radius 2 is 2.00 bits per heavy atom. The van der Waals surface area contributed by atoms with E-state index in [2.05, 4.69) is 32.3 Å². The molecule has 1 aromatic carbocycles. The molecule has 0 fully saturated rings. The number of aromatic nitrogens is 3. The van der Waals surface area contributed by atoms with Crippen LogP contribution in [0.3, 0.4) is 0 Å². The van der Waals surface area contributed by atoms with E-state index in [4.69, 9.17) is 0 Å². The van der Waals surface area contributed by atoms with Gasteiger partial charge < -0.3 is 10.4 Å². The number of nitrogens with one attached hydrogen (secondary N) is 1. The summed E-state index contributed by atoms with van der Waals surface area (Å²) >= 11 is 0. The molecule has 1 amide bonds. The number of hydrogen-bond acceptors (Lipinski definition) is 5. The molecule has 30 heavy (non-hydrogen) atoms. The number of benzene rings is 1. The van der Waals surface area contributed by atoms with Gasteiger partial charge in [-0.3, -0.25) is 14.1 Å². The van der Waals surface area contributed by atoms with Gasteiger partial charge in [0.15, 0.2) is 0 Å². The summed E-state index contributed by atoms with van der Waals surface area (Å²) in [6.45, 7) is 1.96. The molecule has 10 heteroatoms. The largest absolute Gasteiger partial charge is 0.419 e. The van der Waals surface area contributed by atoms with Crippen LogP contribution in [-0.4, -0.2) is 56.0 Å². The molecule has 4 rings (SSSR count). The van der Waals surface area contributed by atoms with Gasteiger partial charge >= 0.3 is 6.18 Å². The summed E-state index contributed by atoms with van der Waals surface area (Å²) in [6.07, 6.45) is -1.73.